The molecule has 0 saturated carbocycles. The van der Waals surface area contributed by atoms with Gasteiger partial charge in [0, 0.05) is 12.1 Å². The van der Waals surface area contributed by atoms with E-state index >= 15 is 0 Å². The molecule has 106 valence electrons. The van der Waals surface area contributed by atoms with Crippen LogP contribution in [0.4, 0.5) is 0 Å². The smallest absolute Gasteiger partial charge is 0.318 e. The lowest BCUT2D eigenvalue weighted by atomic mass is 10.0. The van der Waals surface area contributed by atoms with E-state index in [1.54, 1.807) is 6.07 Å². The van der Waals surface area contributed by atoms with Crippen LogP contribution in [-0.4, -0.2) is 42.8 Å². The largest absolute Gasteiger partial charge is 0.468 e. The van der Waals surface area contributed by atoms with E-state index in [4.69, 9.17) is 0 Å². The maximum Gasteiger partial charge on any atom is 0.318 e. The molecule has 0 N–H and O–H groups in total. The Morgan fingerprint density at radius 1 is 1.30 bits per heavy atom. The van der Waals surface area contributed by atoms with Gasteiger partial charge in [-0.25, -0.2) is 0 Å². The van der Waals surface area contributed by atoms with Crippen molar-refractivity contribution < 1.29 is 19.1 Å². The van der Waals surface area contributed by atoms with Crippen molar-refractivity contribution >= 4 is 17.7 Å². The summed E-state index contributed by atoms with van der Waals surface area (Å²) < 4.78 is 4.58. The Balaban J connectivity index is 2.19. The normalized spacial score (nSPS) is 18.2. The van der Waals surface area contributed by atoms with E-state index in [0.717, 1.165) is 11.1 Å². The summed E-state index contributed by atoms with van der Waals surface area (Å²) in [5, 5.41) is 0. The molecule has 1 aromatic rings. The van der Waals surface area contributed by atoms with E-state index in [-0.39, 0.29) is 24.8 Å². The zero-order chi connectivity index (χ0) is 14.9. The van der Waals surface area contributed by atoms with Gasteiger partial charge in [0.1, 0.15) is 5.92 Å². The van der Waals surface area contributed by atoms with Gasteiger partial charge in [-0.05, 0) is 25.5 Å². The van der Waals surface area contributed by atoms with Gasteiger partial charge in [0.2, 0.25) is 0 Å². The third kappa shape index (κ3) is 2.57. The van der Waals surface area contributed by atoms with Gasteiger partial charge in [0.05, 0.1) is 13.7 Å². The Kier molecular flexibility index (Phi) is 3.88. The zero-order valence-corrected chi connectivity index (χ0v) is 11.8. The van der Waals surface area contributed by atoms with Crippen molar-refractivity contribution in [2.45, 2.75) is 13.8 Å². The number of rotatable bonds is 2. The SMILES string of the molecule is COC(=O)C1CN(C(=O)c2ccc(C)cc2C)CC1=O. The van der Waals surface area contributed by atoms with Gasteiger partial charge in [-0.15, -0.1) is 0 Å². The predicted molar refractivity (Wildman–Crippen MR) is 72.3 cm³/mol. The fourth-order valence-corrected chi connectivity index (χ4v) is 2.41. The number of benzene rings is 1. The molecular weight excluding hydrogens is 258 g/mol. The van der Waals surface area contributed by atoms with E-state index < -0.39 is 11.9 Å². The summed E-state index contributed by atoms with van der Waals surface area (Å²) in [5.41, 5.74) is 2.50. The molecule has 1 saturated heterocycles. The molecule has 5 heteroatoms. The first-order chi connectivity index (χ1) is 9.43. The molecular formula is C15H17NO4. The Morgan fingerprint density at radius 3 is 2.60 bits per heavy atom. The molecule has 0 aromatic heterocycles. The number of aryl methyl sites for hydroxylation is 2. The lowest BCUT2D eigenvalue weighted by molar-refractivity contribution is -0.147. The Labute approximate surface area is 117 Å². The summed E-state index contributed by atoms with van der Waals surface area (Å²) in [6.07, 6.45) is 0. The predicted octanol–water partition coefficient (Wildman–Crippen LogP) is 1.12. The monoisotopic (exact) mass is 275 g/mol. The van der Waals surface area contributed by atoms with Crippen molar-refractivity contribution in [2.24, 2.45) is 5.92 Å². The highest BCUT2D eigenvalue weighted by Crippen LogP contribution is 2.19. The standard InChI is InChI=1S/C15H17NO4/c1-9-4-5-11(10(2)6-9)14(18)16-7-12(13(17)8-16)15(19)20-3/h4-6,12H,7-8H2,1-3H3. The number of carbonyl (C=O) groups is 3. The molecule has 1 heterocycles. The molecule has 0 spiro atoms. The lowest BCUT2D eigenvalue weighted by Gasteiger charge is -2.16. The topological polar surface area (TPSA) is 63.7 Å². The minimum atomic E-state index is -0.852. The molecule has 1 fully saturated rings. The van der Waals surface area contributed by atoms with Crippen molar-refractivity contribution in [3.8, 4) is 0 Å². The molecule has 5 nitrogen and oxygen atoms in total. The highest BCUT2D eigenvalue weighted by atomic mass is 16.5. The Morgan fingerprint density at radius 2 is 2.00 bits per heavy atom. The molecule has 1 aromatic carbocycles. The summed E-state index contributed by atoms with van der Waals surface area (Å²) in [4.78, 5) is 37.0. The van der Waals surface area contributed by atoms with Crippen LogP contribution in [-0.2, 0) is 14.3 Å². The zero-order valence-electron chi connectivity index (χ0n) is 11.8. The van der Waals surface area contributed by atoms with Crippen molar-refractivity contribution in [3.63, 3.8) is 0 Å². The van der Waals surface area contributed by atoms with Crippen LogP contribution in [0.15, 0.2) is 18.2 Å². The summed E-state index contributed by atoms with van der Waals surface area (Å²) >= 11 is 0. The summed E-state index contributed by atoms with van der Waals surface area (Å²) in [6, 6.07) is 5.53. The van der Waals surface area contributed by atoms with E-state index in [1.165, 1.54) is 12.0 Å². The fourth-order valence-electron chi connectivity index (χ4n) is 2.41. The molecule has 1 aliphatic heterocycles. The van der Waals surface area contributed by atoms with E-state index in [1.807, 2.05) is 26.0 Å². The number of methoxy groups -OCH3 is 1. The highest BCUT2D eigenvalue weighted by molar-refractivity contribution is 6.06. The number of amides is 1. The van der Waals surface area contributed by atoms with Gasteiger partial charge in [-0.3, -0.25) is 14.4 Å². The van der Waals surface area contributed by atoms with Crippen LogP contribution in [0.2, 0.25) is 0 Å². The third-order valence-electron chi connectivity index (χ3n) is 3.52. The first kappa shape index (κ1) is 14.2. The number of nitrogens with zero attached hydrogens (tertiary/aromatic N) is 1. The van der Waals surface area contributed by atoms with Crippen molar-refractivity contribution in [2.75, 3.05) is 20.2 Å². The number of hydrogen-bond donors (Lipinski definition) is 0. The van der Waals surface area contributed by atoms with Crippen molar-refractivity contribution in [1.29, 1.82) is 0 Å². The van der Waals surface area contributed by atoms with Crippen molar-refractivity contribution in [3.05, 3.63) is 34.9 Å². The van der Waals surface area contributed by atoms with Crippen molar-refractivity contribution in [1.82, 2.24) is 4.90 Å². The number of hydrogen-bond acceptors (Lipinski definition) is 4. The van der Waals surface area contributed by atoms with Gasteiger partial charge in [-0.1, -0.05) is 17.7 Å². The first-order valence-corrected chi connectivity index (χ1v) is 6.41. The number of esters is 1. The second kappa shape index (κ2) is 5.45. The van der Waals surface area contributed by atoms with Crippen LogP contribution >= 0.6 is 0 Å². The van der Waals surface area contributed by atoms with Crippen LogP contribution < -0.4 is 0 Å². The molecule has 0 bridgehead atoms. The summed E-state index contributed by atoms with van der Waals surface area (Å²) in [6.45, 7) is 3.87. The van der Waals surface area contributed by atoms with E-state index in [2.05, 4.69) is 4.74 Å². The Hall–Kier alpha value is -2.17. The third-order valence-corrected chi connectivity index (χ3v) is 3.52. The minimum absolute atomic E-state index is 0.0358. The van der Waals surface area contributed by atoms with Crippen LogP contribution in [0, 0.1) is 19.8 Å². The molecule has 1 unspecified atom stereocenters. The molecule has 1 aliphatic rings. The molecule has 1 atom stereocenters. The van der Waals surface area contributed by atoms with Crippen LogP contribution in [0.1, 0.15) is 21.5 Å². The molecule has 20 heavy (non-hydrogen) atoms. The average molecular weight is 275 g/mol. The summed E-state index contributed by atoms with van der Waals surface area (Å²) in [7, 11) is 1.24. The number of Topliss-reactive ketones (excluding diaryl/α,β-unsaturated/α-hetero) is 1. The fraction of sp³-hybridized carbons (Fsp3) is 0.400. The van der Waals surface area contributed by atoms with Gasteiger partial charge >= 0.3 is 5.97 Å². The molecule has 0 aliphatic carbocycles. The number of ketones is 1. The maximum atomic E-state index is 12.4. The second-order valence-electron chi connectivity index (χ2n) is 5.05. The summed E-state index contributed by atoms with van der Waals surface area (Å²) in [5.74, 6) is -1.92. The highest BCUT2D eigenvalue weighted by Gasteiger charge is 2.39. The second-order valence-corrected chi connectivity index (χ2v) is 5.05. The van der Waals surface area contributed by atoms with Gasteiger partial charge in [-0.2, -0.15) is 0 Å². The maximum absolute atomic E-state index is 12.4. The van der Waals surface area contributed by atoms with Gasteiger partial charge in [0.15, 0.2) is 5.78 Å². The number of ether oxygens (including phenoxy) is 1. The van der Waals surface area contributed by atoms with E-state index in [9.17, 15) is 14.4 Å². The lowest BCUT2D eigenvalue weighted by Crippen LogP contribution is -2.30. The first-order valence-electron chi connectivity index (χ1n) is 6.41. The van der Waals surface area contributed by atoms with Gasteiger partial charge < -0.3 is 9.64 Å². The van der Waals surface area contributed by atoms with Gasteiger partial charge in [0.25, 0.3) is 5.91 Å². The Bertz CT molecular complexity index is 579. The van der Waals surface area contributed by atoms with E-state index in [0.29, 0.717) is 5.56 Å². The number of carbonyl (C=O) groups excluding carboxylic acids is 3. The molecule has 2 rings (SSSR count). The minimum Gasteiger partial charge on any atom is -0.468 e. The van der Waals surface area contributed by atoms with Crippen LogP contribution in [0.3, 0.4) is 0 Å². The van der Waals surface area contributed by atoms with Crippen LogP contribution in [0.5, 0.6) is 0 Å². The number of likely N-dealkylation sites (tertiary alicyclic amines) is 1. The molecule has 0 radical (unpaired) electrons. The molecule has 1 amide bonds. The van der Waals surface area contributed by atoms with Crippen LogP contribution in [0.25, 0.3) is 0 Å². The average Bonchev–Trinajstić information content (AvgIpc) is 2.79. The quantitative estimate of drug-likeness (QED) is 0.599.